The Morgan fingerprint density at radius 3 is 3.00 bits per heavy atom. The van der Waals surface area contributed by atoms with E-state index >= 15 is 0 Å². The quantitative estimate of drug-likeness (QED) is 0.798. The molecule has 0 saturated carbocycles. The third-order valence-electron chi connectivity index (χ3n) is 2.78. The molecule has 16 heavy (non-hydrogen) atoms. The molecule has 1 aliphatic rings. The Hall–Kier alpha value is -1.84. The highest BCUT2D eigenvalue weighted by atomic mass is 16.4. The smallest absolute Gasteiger partial charge is 0.303 e. The summed E-state index contributed by atoms with van der Waals surface area (Å²) < 4.78 is 0. The summed E-state index contributed by atoms with van der Waals surface area (Å²) in [6.07, 6.45) is 0.256. The van der Waals surface area contributed by atoms with Crippen molar-refractivity contribution in [2.24, 2.45) is 0 Å². The molecule has 2 rings (SSSR count). The molecule has 0 aliphatic carbocycles. The number of carbonyl (C=O) groups excluding carboxylic acids is 1. The predicted octanol–water partition coefficient (Wildman–Crippen LogP) is 1.90. The van der Waals surface area contributed by atoms with Gasteiger partial charge in [-0.2, -0.15) is 0 Å². The third kappa shape index (κ3) is 2.05. The van der Waals surface area contributed by atoms with Crippen molar-refractivity contribution in [1.82, 2.24) is 0 Å². The van der Waals surface area contributed by atoms with Crippen molar-refractivity contribution >= 4 is 17.6 Å². The first-order chi connectivity index (χ1) is 7.56. The van der Waals surface area contributed by atoms with Crippen LogP contribution in [0.2, 0.25) is 0 Å². The zero-order valence-electron chi connectivity index (χ0n) is 8.99. The Bertz CT molecular complexity index is 454. The van der Waals surface area contributed by atoms with Gasteiger partial charge in [0.2, 0.25) is 5.91 Å². The lowest BCUT2D eigenvalue weighted by Crippen LogP contribution is -2.24. The Kier molecular flexibility index (Phi) is 2.64. The van der Waals surface area contributed by atoms with Gasteiger partial charge >= 0.3 is 5.97 Å². The fourth-order valence-corrected chi connectivity index (χ4v) is 2.06. The second-order valence-electron chi connectivity index (χ2n) is 4.14. The molecule has 0 spiro atoms. The van der Waals surface area contributed by atoms with Crippen LogP contribution in [0, 0.1) is 6.92 Å². The summed E-state index contributed by atoms with van der Waals surface area (Å²) in [6.45, 7) is 1.94. The van der Waals surface area contributed by atoms with Gasteiger partial charge in [0, 0.05) is 18.0 Å². The largest absolute Gasteiger partial charge is 0.481 e. The molecule has 1 atom stereocenters. The monoisotopic (exact) mass is 219 g/mol. The maximum Gasteiger partial charge on any atom is 0.303 e. The van der Waals surface area contributed by atoms with Gasteiger partial charge in [0.05, 0.1) is 6.42 Å². The van der Waals surface area contributed by atoms with Crippen molar-refractivity contribution in [2.45, 2.75) is 25.7 Å². The second-order valence-corrected chi connectivity index (χ2v) is 4.14. The van der Waals surface area contributed by atoms with Crippen LogP contribution in [0.3, 0.4) is 0 Å². The molecule has 1 aliphatic heterocycles. The maximum absolute atomic E-state index is 11.4. The van der Waals surface area contributed by atoms with Crippen LogP contribution >= 0.6 is 0 Å². The Labute approximate surface area is 93.3 Å². The van der Waals surface area contributed by atoms with Gasteiger partial charge < -0.3 is 10.4 Å². The maximum atomic E-state index is 11.4. The number of hydrogen-bond donors (Lipinski definition) is 2. The lowest BCUT2D eigenvalue weighted by Gasteiger charge is -2.24. The van der Waals surface area contributed by atoms with Crippen LogP contribution in [0.5, 0.6) is 0 Å². The van der Waals surface area contributed by atoms with E-state index in [1.807, 2.05) is 25.1 Å². The molecular formula is C12H13NO3. The van der Waals surface area contributed by atoms with Crippen LogP contribution in [0.25, 0.3) is 0 Å². The number of nitrogens with one attached hydrogen (secondary N) is 1. The Balaban J connectivity index is 2.37. The molecule has 1 amide bonds. The van der Waals surface area contributed by atoms with Crippen LogP contribution in [-0.2, 0) is 9.59 Å². The minimum atomic E-state index is -0.869. The van der Waals surface area contributed by atoms with E-state index < -0.39 is 5.97 Å². The van der Waals surface area contributed by atoms with E-state index in [0.717, 1.165) is 16.8 Å². The fourth-order valence-electron chi connectivity index (χ4n) is 2.06. The molecule has 1 heterocycles. The van der Waals surface area contributed by atoms with E-state index in [9.17, 15) is 9.59 Å². The van der Waals surface area contributed by atoms with Crippen molar-refractivity contribution < 1.29 is 14.7 Å². The lowest BCUT2D eigenvalue weighted by atomic mass is 9.87. The molecule has 4 heteroatoms. The molecule has 1 aromatic carbocycles. The molecule has 84 valence electrons. The predicted molar refractivity (Wildman–Crippen MR) is 59.4 cm³/mol. The van der Waals surface area contributed by atoms with Gasteiger partial charge in [-0.3, -0.25) is 9.59 Å². The minimum Gasteiger partial charge on any atom is -0.481 e. The molecule has 1 aromatic rings. The van der Waals surface area contributed by atoms with E-state index in [1.165, 1.54) is 0 Å². The van der Waals surface area contributed by atoms with Crippen molar-refractivity contribution in [3.8, 4) is 0 Å². The number of carboxylic acid groups (broad SMARTS) is 1. The topological polar surface area (TPSA) is 66.4 Å². The summed E-state index contributed by atoms with van der Waals surface area (Å²) in [5.41, 5.74) is 2.73. The first kappa shape index (κ1) is 10.7. The zero-order valence-corrected chi connectivity index (χ0v) is 8.99. The fraction of sp³-hybridized carbons (Fsp3) is 0.333. The highest BCUT2D eigenvalue weighted by Gasteiger charge is 2.26. The molecule has 1 unspecified atom stereocenters. The molecule has 2 N–H and O–H groups in total. The second kappa shape index (κ2) is 3.96. The van der Waals surface area contributed by atoms with E-state index in [0.29, 0.717) is 0 Å². The number of carboxylic acids is 1. The van der Waals surface area contributed by atoms with Gasteiger partial charge in [-0.1, -0.05) is 12.1 Å². The SMILES string of the molecule is Cc1ccc2c(c1)NC(=O)CC2CC(=O)O. The highest BCUT2D eigenvalue weighted by Crippen LogP contribution is 2.34. The van der Waals surface area contributed by atoms with E-state index in [1.54, 1.807) is 0 Å². The van der Waals surface area contributed by atoms with Crippen molar-refractivity contribution in [2.75, 3.05) is 5.32 Å². The van der Waals surface area contributed by atoms with Crippen molar-refractivity contribution in [3.05, 3.63) is 29.3 Å². The third-order valence-corrected chi connectivity index (χ3v) is 2.78. The number of anilines is 1. The normalized spacial score (nSPS) is 18.8. The average Bonchev–Trinajstić information content (AvgIpc) is 2.15. The highest BCUT2D eigenvalue weighted by molar-refractivity contribution is 5.95. The molecule has 0 aromatic heterocycles. The van der Waals surface area contributed by atoms with E-state index in [-0.39, 0.29) is 24.7 Å². The van der Waals surface area contributed by atoms with E-state index in [4.69, 9.17) is 5.11 Å². The Morgan fingerprint density at radius 1 is 1.56 bits per heavy atom. The van der Waals surface area contributed by atoms with Gasteiger partial charge in [0.25, 0.3) is 0 Å². The first-order valence-corrected chi connectivity index (χ1v) is 5.18. The van der Waals surface area contributed by atoms with Gasteiger partial charge in [-0.05, 0) is 24.1 Å². The first-order valence-electron chi connectivity index (χ1n) is 5.18. The summed E-state index contributed by atoms with van der Waals surface area (Å²) in [6, 6.07) is 5.71. The number of benzene rings is 1. The summed E-state index contributed by atoms with van der Waals surface area (Å²) in [4.78, 5) is 22.1. The van der Waals surface area contributed by atoms with Gasteiger partial charge in [0.1, 0.15) is 0 Å². The Morgan fingerprint density at radius 2 is 2.31 bits per heavy atom. The van der Waals surface area contributed by atoms with Crippen molar-refractivity contribution in [3.63, 3.8) is 0 Å². The van der Waals surface area contributed by atoms with Gasteiger partial charge in [0.15, 0.2) is 0 Å². The lowest BCUT2D eigenvalue weighted by molar-refractivity contribution is -0.137. The summed E-state index contributed by atoms with van der Waals surface area (Å²) in [5, 5.41) is 11.6. The number of carbonyl (C=O) groups is 2. The molecule has 0 radical (unpaired) electrons. The van der Waals surface area contributed by atoms with Crippen LogP contribution in [0.15, 0.2) is 18.2 Å². The van der Waals surface area contributed by atoms with Crippen molar-refractivity contribution in [1.29, 1.82) is 0 Å². The zero-order chi connectivity index (χ0) is 11.7. The van der Waals surface area contributed by atoms with Gasteiger partial charge in [-0.15, -0.1) is 0 Å². The standard InChI is InChI=1S/C12H13NO3/c1-7-2-3-9-8(6-12(15)16)5-11(14)13-10(9)4-7/h2-4,8H,5-6H2,1H3,(H,13,14)(H,15,16). The summed E-state index contributed by atoms with van der Waals surface area (Å²) in [5.74, 6) is -1.18. The van der Waals surface area contributed by atoms with Gasteiger partial charge in [-0.25, -0.2) is 0 Å². The van der Waals surface area contributed by atoms with E-state index in [2.05, 4.69) is 5.32 Å². The van der Waals surface area contributed by atoms with Crippen LogP contribution < -0.4 is 5.32 Å². The van der Waals surface area contributed by atoms with Crippen LogP contribution in [0.1, 0.15) is 29.9 Å². The number of aliphatic carboxylic acids is 1. The molecule has 0 bridgehead atoms. The minimum absolute atomic E-state index is 0.00345. The number of hydrogen-bond acceptors (Lipinski definition) is 2. The molecule has 4 nitrogen and oxygen atoms in total. The number of fused-ring (bicyclic) bond motifs is 1. The number of amides is 1. The summed E-state index contributed by atoms with van der Waals surface area (Å²) in [7, 11) is 0. The number of rotatable bonds is 2. The molecule has 0 fully saturated rings. The molecular weight excluding hydrogens is 206 g/mol. The van der Waals surface area contributed by atoms with Crippen LogP contribution in [0.4, 0.5) is 5.69 Å². The average molecular weight is 219 g/mol. The number of aryl methyl sites for hydroxylation is 1. The van der Waals surface area contributed by atoms with Crippen LogP contribution in [-0.4, -0.2) is 17.0 Å². The summed E-state index contributed by atoms with van der Waals surface area (Å²) >= 11 is 0. The molecule has 0 saturated heterocycles.